The summed E-state index contributed by atoms with van der Waals surface area (Å²) in [5.74, 6) is 0. The highest BCUT2D eigenvalue weighted by atomic mass is 32.2. The van der Waals surface area contributed by atoms with Crippen molar-refractivity contribution in [3.63, 3.8) is 0 Å². The van der Waals surface area contributed by atoms with E-state index in [4.69, 9.17) is 5.26 Å². The van der Waals surface area contributed by atoms with Gasteiger partial charge in [0.2, 0.25) is 10.0 Å². The molecular formula is C13H17N3O4S. The van der Waals surface area contributed by atoms with Gasteiger partial charge in [-0.15, -0.1) is 0 Å². The van der Waals surface area contributed by atoms with Gasteiger partial charge in [0.1, 0.15) is 0 Å². The first-order valence-corrected chi connectivity index (χ1v) is 7.82. The Kier molecular flexibility index (Phi) is 5.41. The lowest BCUT2D eigenvalue weighted by molar-refractivity contribution is -0.385. The monoisotopic (exact) mass is 311 g/mol. The van der Waals surface area contributed by atoms with Crippen LogP contribution in [0.5, 0.6) is 0 Å². The van der Waals surface area contributed by atoms with Crippen molar-refractivity contribution in [3.05, 3.63) is 33.4 Å². The van der Waals surface area contributed by atoms with Gasteiger partial charge in [0, 0.05) is 31.6 Å². The molecule has 114 valence electrons. The van der Waals surface area contributed by atoms with E-state index in [1.165, 1.54) is 6.07 Å². The highest BCUT2D eigenvalue weighted by Crippen LogP contribution is 2.27. The summed E-state index contributed by atoms with van der Waals surface area (Å²) >= 11 is 0. The molecular weight excluding hydrogens is 294 g/mol. The molecule has 0 unspecified atom stereocenters. The molecule has 0 fully saturated rings. The van der Waals surface area contributed by atoms with E-state index < -0.39 is 14.9 Å². The van der Waals surface area contributed by atoms with Gasteiger partial charge in [-0.2, -0.15) is 9.57 Å². The van der Waals surface area contributed by atoms with Crippen molar-refractivity contribution >= 4 is 15.7 Å². The average Bonchev–Trinajstić information content (AvgIpc) is 2.41. The lowest BCUT2D eigenvalue weighted by atomic mass is 10.1. The molecule has 1 rings (SSSR count). The van der Waals surface area contributed by atoms with Crippen LogP contribution in [0.4, 0.5) is 5.69 Å². The minimum absolute atomic E-state index is 0.0660. The minimum atomic E-state index is -3.85. The van der Waals surface area contributed by atoms with Crippen molar-refractivity contribution in [1.82, 2.24) is 4.31 Å². The van der Waals surface area contributed by atoms with Gasteiger partial charge in [-0.25, -0.2) is 8.42 Å². The van der Waals surface area contributed by atoms with Crippen molar-refractivity contribution in [3.8, 4) is 6.07 Å². The van der Waals surface area contributed by atoms with Crippen LogP contribution in [0.15, 0.2) is 17.0 Å². The number of nitriles is 1. The van der Waals surface area contributed by atoms with E-state index in [0.717, 1.165) is 10.4 Å². The Hall–Kier alpha value is -1.98. The zero-order chi connectivity index (χ0) is 16.2. The number of nitro groups is 1. The van der Waals surface area contributed by atoms with Crippen LogP contribution in [0.2, 0.25) is 0 Å². The summed E-state index contributed by atoms with van der Waals surface area (Å²) in [6.07, 6.45) is 0.0695. The lowest BCUT2D eigenvalue weighted by Crippen LogP contribution is -2.32. The van der Waals surface area contributed by atoms with Crippen molar-refractivity contribution in [2.24, 2.45) is 0 Å². The first kappa shape index (κ1) is 17.1. The fourth-order valence-electron chi connectivity index (χ4n) is 1.94. The number of sulfonamides is 1. The highest BCUT2D eigenvalue weighted by molar-refractivity contribution is 7.89. The van der Waals surface area contributed by atoms with Gasteiger partial charge in [-0.3, -0.25) is 10.1 Å². The van der Waals surface area contributed by atoms with E-state index in [9.17, 15) is 18.5 Å². The fraction of sp³-hybridized carbons (Fsp3) is 0.462. The largest absolute Gasteiger partial charge is 0.271 e. The predicted octanol–water partition coefficient (Wildman–Crippen LogP) is 2.14. The number of rotatable bonds is 6. The smallest absolute Gasteiger partial charge is 0.258 e. The van der Waals surface area contributed by atoms with Gasteiger partial charge in [-0.1, -0.05) is 6.92 Å². The third-order valence-corrected chi connectivity index (χ3v) is 5.36. The van der Waals surface area contributed by atoms with Gasteiger partial charge in [0.05, 0.1) is 15.9 Å². The van der Waals surface area contributed by atoms with Crippen molar-refractivity contribution in [2.75, 3.05) is 13.1 Å². The van der Waals surface area contributed by atoms with Crippen LogP contribution >= 0.6 is 0 Å². The quantitative estimate of drug-likeness (QED) is 0.591. The molecule has 0 radical (unpaired) electrons. The van der Waals surface area contributed by atoms with Crippen LogP contribution in [0.25, 0.3) is 0 Å². The summed E-state index contributed by atoms with van der Waals surface area (Å²) in [4.78, 5) is 10.2. The Morgan fingerprint density at radius 1 is 1.38 bits per heavy atom. The SMILES string of the molecule is CCN(CCC#N)S(=O)(=O)c1cc([N+](=O)[O-])cc(C)c1C. The second-order valence-electron chi connectivity index (χ2n) is 4.55. The highest BCUT2D eigenvalue weighted by Gasteiger charge is 2.27. The number of nitro benzene ring substituents is 1. The predicted molar refractivity (Wildman–Crippen MR) is 77.2 cm³/mol. The second-order valence-corrected chi connectivity index (χ2v) is 6.45. The van der Waals surface area contributed by atoms with E-state index in [2.05, 4.69) is 0 Å². The Morgan fingerprint density at radius 2 is 2.00 bits per heavy atom. The minimum Gasteiger partial charge on any atom is -0.258 e. The molecule has 0 bridgehead atoms. The van der Waals surface area contributed by atoms with Crippen molar-refractivity contribution in [2.45, 2.75) is 32.1 Å². The Morgan fingerprint density at radius 3 is 2.48 bits per heavy atom. The second kappa shape index (κ2) is 6.65. The maximum atomic E-state index is 12.6. The Bertz CT molecular complexity index is 692. The Labute approximate surface area is 124 Å². The van der Waals surface area contributed by atoms with Crippen LogP contribution in [0, 0.1) is 35.3 Å². The molecule has 0 atom stereocenters. The van der Waals surface area contributed by atoms with Crippen molar-refractivity contribution < 1.29 is 13.3 Å². The number of aryl methyl sites for hydroxylation is 1. The maximum Gasteiger partial charge on any atom is 0.271 e. The van der Waals surface area contributed by atoms with E-state index in [-0.39, 0.29) is 30.1 Å². The molecule has 0 N–H and O–H groups in total. The van der Waals surface area contributed by atoms with Gasteiger partial charge in [-0.05, 0) is 25.0 Å². The first-order chi connectivity index (χ1) is 9.75. The summed E-state index contributed by atoms with van der Waals surface area (Å²) in [6.45, 7) is 5.17. The maximum absolute atomic E-state index is 12.6. The van der Waals surface area contributed by atoms with Crippen LogP contribution in [0.3, 0.4) is 0 Å². The molecule has 0 aliphatic carbocycles. The molecule has 0 saturated carbocycles. The van der Waals surface area contributed by atoms with Crippen LogP contribution in [-0.2, 0) is 10.0 Å². The van der Waals surface area contributed by atoms with Crippen LogP contribution in [0.1, 0.15) is 24.5 Å². The average molecular weight is 311 g/mol. The van der Waals surface area contributed by atoms with Gasteiger partial charge >= 0.3 is 0 Å². The molecule has 0 aliphatic heterocycles. The van der Waals surface area contributed by atoms with E-state index >= 15 is 0 Å². The molecule has 8 heteroatoms. The molecule has 0 amide bonds. The summed E-state index contributed by atoms with van der Waals surface area (Å²) < 4.78 is 26.4. The zero-order valence-electron chi connectivity index (χ0n) is 12.2. The summed E-state index contributed by atoms with van der Waals surface area (Å²) in [5, 5.41) is 19.5. The molecule has 21 heavy (non-hydrogen) atoms. The summed E-state index contributed by atoms with van der Waals surface area (Å²) in [7, 11) is -3.85. The molecule has 0 saturated heterocycles. The third kappa shape index (κ3) is 3.56. The number of hydrogen-bond acceptors (Lipinski definition) is 5. The molecule has 0 aromatic heterocycles. The first-order valence-electron chi connectivity index (χ1n) is 6.38. The number of non-ortho nitro benzene ring substituents is 1. The molecule has 0 spiro atoms. The standard InChI is InChI=1S/C13H17N3O4S/c1-4-15(7-5-6-14)21(19,20)13-9-12(16(17)18)8-10(2)11(13)3/h8-9H,4-5,7H2,1-3H3. The molecule has 1 aromatic rings. The zero-order valence-corrected chi connectivity index (χ0v) is 13.0. The molecule has 0 heterocycles. The molecule has 7 nitrogen and oxygen atoms in total. The van der Waals surface area contributed by atoms with E-state index in [0.29, 0.717) is 11.1 Å². The van der Waals surface area contributed by atoms with Gasteiger partial charge in [0.15, 0.2) is 0 Å². The van der Waals surface area contributed by atoms with E-state index in [1.807, 2.05) is 6.07 Å². The van der Waals surface area contributed by atoms with Crippen molar-refractivity contribution in [1.29, 1.82) is 5.26 Å². The molecule has 0 aliphatic rings. The van der Waals surface area contributed by atoms with Crippen LogP contribution < -0.4 is 0 Å². The van der Waals surface area contributed by atoms with Gasteiger partial charge < -0.3 is 0 Å². The molecule has 1 aromatic carbocycles. The summed E-state index contributed by atoms with van der Waals surface area (Å²) in [6, 6.07) is 4.32. The lowest BCUT2D eigenvalue weighted by Gasteiger charge is -2.21. The number of benzene rings is 1. The fourth-order valence-corrected chi connectivity index (χ4v) is 3.71. The summed E-state index contributed by atoms with van der Waals surface area (Å²) in [5.41, 5.74) is 0.767. The third-order valence-electron chi connectivity index (χ3n) is 3.26. The van der Waals surface area contributed by atoms with E-state index in [1.54, 1.807) is 20.8 Å². The van der Waals surface area contributed by atoms with Gasteiger partial charge in [0.25, 0.3) is 5.69 Å². The topological polar surface area (TPSA) is 104 Å². The Balaban J connectivity index is 3.43. The number of nitrogens with zero attached hydrogens (tertiary/aromatic N) is 3. The van der Waals surface area contributed by atoms with Crippen LogP contribution in [-0.4, -0.2) is 30.7 Å². The number of hydrogen-bond donors (Lipinski definition) is 0. The normalized spacial score (nSPS) is 11.4.